The van der Waals surface area contributed by atoms with Crippen molar-refractivity contribution >= 4 is 34.3 Å². The molecule has 11 heteroatoms. The number of nitrogens with zero attached hydrogens (tertiary/aromatic N) is 5. The summed E-state index contributed by atoms with van der Waals surface area (Å²) >= 11 is 0. The standard InChI is InChI=1S/C32H38N8O3/c1-3-21-14-25(42)4-5-28(21)38-32(33)27-17-35-40-18-22(15-30(40)31(27)37-24-9-13-43-19-24)26-16-34-10-6-29(26)39-11-7-23(8-12-39)36-20(2)41/h4-6,10,14-18,23-24,37,42H,3,7-9,11-13,19H2,1-2H3,(H2,33,38)(H,36,41)/t24-/m1/s1. The molecule has 11 nitrogen and oxygen atoms in total. The second-order valence-electron chi connectivity index (χ2n) is 11.2. The first-order chi connectivity index (χ1) is 20.9. The Morgan fingerprint density at radius 2 is 2.00 bits per heavy atom. The zero-order valence-electron chi connectivity index (χ0n) is 24.6. The van der Waals surface area contributed by atoms with Crippen LogP contribution in [0.4, 0.5) is 17.1 Å². The maximum Gasteiger partial charge on any atom is 0.217 e. The van der Waals surface area contributed by atoms with E-state index in [2.05, 4.69) is 32.7 Å². The topological polar surface area (TPSA) is 142 Å². The summed E-state index contributed by atoms with van der Waals surface area (Å²) in [4.78, 5) is 23.1. The Balaban J connectivity index is 1.38. The first kappa shape index (κ1) is 28.5. The van der Waals surface area contributed by atoms with Crippen molar-refractivity contribution in [3.05, 3.63) is 66.2 Å². The van der Waals surface area contributed by atoms with Gasteiger partial charge in [0.25, 0.3) is 0 Å². The van der Waals surface area contributed by atoms with Crippen molar-refractivity contribution in [3.8, 4) is 16.9 Å². The molecule has 1 atom stereocenters. The number of phenols is 1. The summed E-state index contributed by atoms with van der Waals surface area (Å²) in [5.74, 6) is 0.556. The molecule has 0 aliphatic carbocycles. The number of amides is 1. The number of hydrogen-bond donors (Lipinski definition) is 4. The van der Waals surface area contributed by atoms with Gasteiger partial charge in [0.1, 0.15) is 11.6 Å². The van der Waals surface area contributed by atoms with Gasteiger partial charge < -0.3 is 31.1 Å². The fourth-order valence-corrected chi connectivity index (χ4v) is 5.99. The van der Waals surface area contributed by atoms with Crippen molar-refractivity contribution in [1.82, 2.24) is 19.9 Å². The minimum atomic E-state index is 0.0172. The number of aromatic hydroxyl groups is 1. The quantitative estimate of drug-likeness (QED) is 0.180. The van der Waals surface area contributed by atoms with Gasteiger partial charge >= 0.3 is 0 Å². The third-order valence-electron chi connectivity index (χ3n) is 8.23. The molecule has 6 rings (SSSR count). The summed E-state index contributed by atoms with van der Waals surface area (Å²) in [6, 6.07) is 9.62. The maximum absolute atomic E-state index is 11.5. The number of aliphatic imine (C=N–C) groups is 1. The van der Waals surface area contributed by atoms with Gasteiger partial charge in [-0.1, -0.05) is 6.92 Å². The number of anilines is 2. The number of nitrogens with two attached hydrogens (primary N) is 1. The van der Waals surface area contributed by atoms with Crippen molar-refractivity contribution in [2.24, 2.45) is 10.7 Å². The van der Waals surface area contributed by atoms with Crippen LogP contribution in [0.3, 0.4) is 0 Å². The summed E-state index contributed by atoms with van der Waals surface area (Å²) in [7, 11) is 0. The molecule has 224 valence electrons. The molecule has 43 heavy (non-hydrogen) atoms. The number of piperidine rings is 1. The minimum absolute atomic E-state index is 0.0172. The third-order valence-corrected chi connectivity index (χ3v) is 8.23. The summed E-state index contributed by atoms with van der Waals surface area (Å²) in [5, 5.41) is 21.4. The molecule has 0 saturated carbocycles. The fourth-order valence-electron chi connectivity index (χ4n) is 5.99. The molecule has 0 bridgehead atoms. The zero-order valence-corrected chi connectivity index (χ0v) is 24.6. The normalized spacial score (nSPS) is 17.9. The number of benzene rings is 1. The van der Waals surface area contributed by atoms with Crippen LogP contribution in [0.15, 0.2) is 60.1 Å². The highest BCUT2D eigenvalue weighted by Crippen LogP contribution is 2.36. The number of ether oxygens (including phenoxy) is 1. The summed E-state index contributed by atoms with van der Waals surface area (Å²) in [6.45, 7) is 6.59. The van der Waals surface area contributed by atoms with E-state index >= 15 is 0 Å². The van der Waals surface area contributed by atoms with Gasteiger partial charge in [0.2, 0.25) is 5.91 Å². The molecule has 4 aromatic rings. The Hall–Kier alpha value is -4.64. The summed E-state index contributed by atoms with van der Waals surface area (Å²) < 4.78 is 7.52. The van der Waals surface area contributed by atoms with E-state index in [1.807, 2.05) is 30.0 Å². The molecule has 2 fully saturated rings. The number of phenolic OH excluding ortho intramolecular Hbond substituents is 1. The average Bonchev–Trinajstić information content (AvgIpc) is 3.69. The lowest BCUT2D eigenvalue weighted by Crippen LogP contribution is -2.44. The van der Waals surface area contributed by atoms with E-state index in [0.29, 0.717) is 36.7 Å². The SMILES string of the molecule is CCc1cc(O)ccc1/N=C(\N)c1cnn2cc(-c3cnccc3N3CCC(NC(C)=O)CC3)cc2c1N[C@@H]1CCOC1. The molecule has 1 amide bonds. The smallest absolute Gasteiger partial charge is 0.217 e. The second-order valence-corrected chi connectivity index (χ2v) is 11.2. The molecule has 5 heterocycles. The van der Waals surface area contributed by atoms with E-state index in [-0.39, 0.29) is 23.7 Å². The van der Waals surface area contributed by atoms with Crippen molar-refractivity contribution in [3.63, 3.8) is 0 Å². The van der Waals surface area contributed by atoms with E-state index in [4.69, 9.17) is 20.6 Å². The number of fused-ring (bicyclic) bond motifs is 1. The molecule has 2 aliphatic rings. The van der Waals surface area contributed by atoms with Crippen LogP contribution in [0.25, 0.3) is 16.6 Å². The van der Waals surface area contributed by atoms with Crippen molar-refractivity contribution < 1.29 is 14.6 Å². The second kappa shape index (κ2) is 12.3. The monoisotopic (exact) mass is 582 g/mol. The molecule has 0 spiro atoms. The van der Waals surface area contributed by atoms with Gasteiger partial charge in [-0.25, -0.2) is 9.51 Å². The molecular formula is C32H38N8O3. The highest BCUT2D eigenvalue weighted by Gasteiger charge is 2.24. The van der Waals surface area contributed by atoms with Crippen LogP contribution >= 0.6 is 0 Å². The minimum Gasteiger partial charge on any atom is -0.508 e. The lowest BCUT2D eigenvalue weighted by molar-refractivity contribution is -0.119. The number of aryl methyl sites for hydroxylation is 1. The Morgan fingerprint density at radius 1 is 1.16 bits per heavy atom. The predicted molar refractivity (Wildman–Crippen MR) is 168 cm³/mol. The fraction of sp³-hybridized carbons (Fsp3) is 0.375. The summed E-state index contributed by atoms with van der Waals surface area (Å²) in [5.41, 5.74) is 13.8. The van der Waals surface area contributed by atoms with E-state index in [0.717, 1.165) is 65.9 Å². The van der Waals surface area contributed by atoms with Gasteiger partial charge in [-0.05, 0) is 61.6 Å². The Kier molecular flexibility index (Phi) is 8.15. The van der Waals surface area contributed by atoms with Gasteiger partial charge in [-0.15, -0.1) is 0 Å². The average molecular weight is 583 g/mol. The van der Waals surface area contributed by atoms with Gasteiger partial charge in [0.15, 0.2) is 0 Å². The molecule has 2 saturated heterocycles. The molecule has 0 radical (unpaired) electrons. The zero-order chi connectivity index (χ0) is 29.9. The maximum atomic E-state index is 11.5. The Morgan fingerprint density at radius 3 is 2.74 bits per heavy atom. The highest BCUT2D eigenvalue weighted by molar-refractivity contribution is 6.06. The highest BCUT2D eigenvalue weighted by atomic mass is 16.5. The van der Waals surface area contributed by atoms with E-state index in [9.17, 15) is 9.90 Å². The van der Waals surface area contributed by atoms with Crippen molar-refractivity contribution in [1.29, 1.82) is 0 Å². The predicted octanol–water partition coefficient (Wildman–Crippen LogP) is 4.01. The Labute approximate surface area is 250 Å². The van der Waals surface area contributed by atoms with Crippen LogP contribution < -0.4 is 21.3 Å². The Bertz CT molecular complexity index is 1650. The van der Waals surface area contributed by atoms with Crippen LogP contribution in [0, 0.1) is 0 Å². The number of rotatable bonds is 8. The van der Waals surface area contributed by atoms with Crippen molar-refractivity contribution in [2.45, 2.75) is 51.6 Å². The largest absolute Gasteiger partial charge is 0.508 e. The lowest BCUT2D eigenvalue weighted by atomic mass is 10.0. The molecule has 0 unspecified atom stereocenters. The van der Waals surface area contributed by atoms with Crippen LogP contribution in [-0.4, -0.2) is 69.8 Å². The molecular weight excluding hydrogens is 544 g/mol. The lowest BCUT2D eigenvalue weighted by Gasteiger charge is -2.34. The molecule has 5 N–H and O–H groups in total. The van der Waals surface area contributed by atoms with E-state index in [1.54, 1.807) is 31.3 Å². The molecule has 2 aliphatic heterocycles. The van der Waals surface area contributed by atoms with E-state index in [1.165, 1.54) is 0 Å². The van der Waals surface area contributed by atoms with Gasteiger partial charge in [-0.2, -0.15) is 5.10 Å². The number of aromatic nitrogens is 3. The summed E-state index contributed by atoms with van der Waals surface area (Å²) in [6.07, 6.45) is 10.9. The first-order valence-electron chi connectivity index (χ1n) is 14.9. The number of carbonyl (C=O) groups is 1. The van der Waals surface area contributed by atoms with Crippen LogP contribution in [0.5, 0.6) is 5.75 Å². The first-order valence-corrected chi connectivity index (χ1v) is 14.9. The number of hydrogen-bond acceptors (Lipinski definition) is 8. The van der Waals surface area contributed by atoms with E-state index < -0.39 is 0 Å². The van der Waals surface area contributed by atoms with Gasteiger partial charge in [0.05, 0.1) is 41.3 Å². The van der Waals surface area contributed by atoms with Crippen molar-refractivity contribution in [2.75, 3.05) is 36.5 Å². The van der Waals surface area contributed by atoms with Gasteiger partial charge in [0, 0.05) is 68.1 Å². The van der Waals surface area contributed by atoms with Crippen LogP contribution in [0.2, 0.25) is 0 Å². The number of nitrogens with one attached hydrogen (secondary N) is 2. The molecule has 1 aromatic carbocycles. The van der Waals surface area contributed by atoms with Gasteiger partial charge in [-0.3, -0.25) is 9.78 Å². The number of carbonyl (C=O) groups excluding carboxylic acids is 1. The molecule has 3 aromatic heterocycles. The van der Waals surface area contributed by atoms with Crippen LogP contribution in [0.1, 0.15) is 44.2 Å². The number of pyridine rings is 1. The van der Waals surface area contributed by atoms with Crippen LogP contribution in [-0.2, 0) is 16.0 Å². The number of amidine groups is 1. The third kappa shape index (κ3) is 6.12.